The van der Waals surface area contributed by atoms with Crippen molar-refractivity contribution < 1.29 is 9.90 Å². The normalized spacial score (nSPS) is 11.1. The molecule has 2 aromatic heterocycles. The Labute approximate surface area is 178 Å². The average molecular weight is 409 g/mol. The van der Waals surface area contributed by atoms with Gasteiger partial charge in [-0.15, -0.1) is 5.10 Å². The van der Waals surface area contributed by atoms with Gasteiger partial charge in [0, 0.05) is 10.9 Å². The maximum absolute atomic E-state index is 11.0. The number of hydrogen-bond donors (Lipinski definition) is 1. The molecule has 0 aliphatic heterocycles. The van der Waals surface area contributed by atoms with Crippen molar-refractivity contribution >= 4 is 16.9 Å². The highest BCUT2D eigenvalue weighted by Crippen LogP contribution is 2.28. The number of hydrogen-bond acceptors (Lipinski definition) is 4. The van der Waals surface area contributed by atoms with E-state index in [0.29, 0.717) is 13.1 Å². The van der Waals surface area contributed by atoms with Gasteiger partial charge >= 0.3 is 5.97 Å². The number of nitrogens with zero attached hydrogens (tertiary/aromatic N) is 5. The van der Waals surface area contributed by atoms with Crippen LogP contribution in [-0.4, -0.2) is 35.9 Å². The van der Waals surface area contributed by atoms with Crippen LogP contribution < -0.4 is 0 Å². The zero-order chi connectivity index (χ0) is 21.2. The van der Waals surface area contributed by atoms with E-state index in [2.05, 4.69) is 34.6 Å². The van der Waals surface area contributed by atoms with Crippen LogP contribution in [0.3, 0.4) is 0 Å². The first-order chi connectivity index (χ1) is 15.2. The molecule has 5 aromatic rings. The molecule has 0 saturated heterocycles. The third kappa shape index (κ3) is 3.81. The van der Waals surface area contributed by atoms with E-state index in [4.69, 9.17) is 10.2 Å². The predicted molar refractivity (Wildman–Crippen MR) is 117 cm³/mol. The Balaban J connectivity index is 1.40. The minimum absolute atomic E-state index is 0.266. The molecule has 0 amide bonds. The van der Waals surface area contributed by atoms with Gasteiger partial charge in [-0.3, -0.25) is 4.68 Å². The lowest BCUT2D eigenvalue weighted by atomic mass is 10.1. The molecule has 0 fully saturated rings. The van der Waals surface area contributed by atoms with E-state index in [1.54, 1.807) is 28.9 Å². The largest absolute Gasteiger partial charge is 0.478 e. The molecule has 7 heteroatoms. The summed E-state index contributed by atoms with van der Waals surface area (Å²) < 4.78 is 3.70. The van der Waals surface area contributed by atoms with Crippen molar-refractivity contribution in [1.29, 1.82) is 0 Å². The number of carboxylic acid groups (broad SMARTS) is 1. The lowest BCUT2D eigenvalue weighted by Gasteiger charge is -2.02. The van der Waals surface area contributed by atoms with Gasteiger partial charge in [0.25, 0.3) is 0 Å². The molecule has 0 unspecified atom stereocenters. The minimum Gasteiger partial charge on any atom is -0.478 e. The van der Waals surface area contributed by atoms with Crippen LogP contribution in [0.15, 0.2) is 85.1 Å². The SMILES string of the molecule is O=C(O)c1ccc(Cn2cc(Cn3nc(-c4ccccc4)c4ccccc43)nn2)cc1. The monoisotopic (exact) mass is 409 g/mol. The van der Waals surface area contributed by atoms with Gasteiger partial charge in [-0.1, -0.05) is 65.9 Å². The molecule has 7 nitrogen and oxygen atoms in total. The summed E-state index contributed by atoms with van der Waals surface area (Å²) in [6.45, 7) is 1.02. The summed E-state index contributed by atoms with van der Waals surface area (Å²) in [7, 11) is 0. The van der Waals surface area contributed by atoms with Crippen LogP contribution in [0.1, 0.15) is 21.6 Å². The number of aromatic carboxylic acids is 1. The maximum Gasteiger partial charge on any atom is 0.335 e. The third-order valence-electron chi connectivity index (χ3n) is 5.15. The first-order valence-electron chi connectivity index (χ1n) is 9.89. The first-order valence-corrected chi connectivity index (χ1v) is 9.89. The predicted octanol–water partition coefficient (Wildman–Crippen LogP) is 4.09. The highest BCUT2D eigenvalue weighted by atomic mass is 16.4. The van der Waals surface area contributed by atoms with Gasteiger partial charge in [0.15, 0.2) is 0 Å². The molecule has 0 aliphatic rings. The van der Waals surface area contributed by atoms with Crippen LogP contribution in [0.5, 0.6) is 0 Å². The lowest BCUT2D eigenvalue weighted by molar-refractivity contribution is 0.0697. The number of carbonyl (C=O) groups is 1. The molecule has 0 atom stereocenters. The molecule has 0 bridgehead atoms. The Morgan fingerprint density at radius 2 is 1.61 bits per heavy atom. The minimum atomic E-state index is -0.934. The van der Waals surface area contributed by atoms with E-state index in [1.807, 2.05) is 41.2 Å². The fourth-order valence-electron chi connectivity index (χ4n) is 3.64. The molecule has 5 rings (SSSR count). The summed E-state index contributed by atoms with van der Waals surface area (Å²) in [4.78, 5) is 11.0. The Morgan fingerprint density at radius 1 is 0.871 bits per heavy atom. The van der Waals surface area contributed by atoms with Gasteiger partial charge < -0.3 is 5.11 Å². The molecule has 2 heterocycles. The Hall–Kier alpha value is -4.26. The third-order valence-corrected chi connectivity index (χ3v) is 5.15. The molecule has 3 aromatic carbocycles. The van der Waals surface area contributed by atoms with Crippen molar-refractivity contribution in [2.45, 2.75) is 13.1 Å². The highest BCUT2D eigenvalue weighted by Gasteiger charge is 2.13. The van der Waals surface area contributed by atoms with Crippen LogP contribution in [0.25, 0.3) is 22.2 Å². The standard InChI is InChI=1S/C24H19N5O2/c30-24(31)19-12-10-17(11-13-19)14-28-15-20(25-27-28)16-29-22-9-5-4-8-21(22)23(26-29)18-6-2-1-3-7-18/h1-13,15H,14,16H2,(H,30,31). The van der Waals surface area contributed by atoms with Gasteiger partial charge in [0.1, 0.15) is 11.4 Å². The Bertz CT molecular complexity index is 1350. The quantitative estimate of drug-likeness (QED) is 0.457. The highest BCUT2D eigenvalue weighted by molar-refractivity contribution is 5.93. The van der Waals surface area contributed by atoms with E-state index in [1.165, 1.54) is 0 Å². The van der Waals surface area contributed by atoms with E-state index >= 15 is 0 Å². The summed E-state index contributed by atoms with van der Waals surface area (Å²) in [6, 6.07) is 25.1. The fourth-order valence-corrected chi connectivity index (χ4v) is 3.64. The zero-order valence-corrected chi connectivity index (χ0v) is 16.6. The van der Waals surface area contributed by atoms with Crippen LogP contribution in [0.4, 0.5) is 0 Å². The molecule has 31 heavy (non-hydrogen) atoms. The number of fused-ring (bicyclic) bond motifs is 1. The smallest absolute Gasteiger partial charge is 0.335 e. The van der Waals surface area contributed by atoms with Crippen LogP contribution in [0, 0.1) is 0 Å². The summed E-state index contributed by atoms with van der Waals surface area (Å²) >= 11 is 0. The van der Waals surface area contributed by atoms with Crippen molar-refractivity contribution in [2.24, 2.45) is 0 Å². The van der Waals surface area contributed by atoms with Gasteiger partial charge in [0.2, 0.25) is 0 Å². The summed E-state index contributed by atoms with van der Waals surface area (Å²) in [5, 5.41) is 23.5. The fraction of sp³-hybridized carbons (Fsp3) is 0.0833. The van der Waals surface area contributed by atoms with Crippen LogP contribution in [0.2, 0.25) is 0 Å². The van der Waals surface area contributed by atoms with Crippen molar-refractivity contribution in [3.8, 4) is 11.3 Å². The zero-order valence-electron chi connectivity index (χ0n) is 16.6. The molecule has 0 saturated carbocycles. The molecular weight excluding hydrogens is 390 g/mol. The Kier molecular flexibility index (Phi) is 4.76. The van der Waals surface area contributed by atoms with E-state index < -0.39 is 5.97 Å². The molecule has 0 spiro atoms. The number of rotatable bonds is 6. The first kappa shape index (κ1) is 18.7. The number of para-hydroxylation sites is 1. The topological polar surface area (TPSA) is 85.8 Å². The van der Waals surface area contributed by atoms with Crippen molar-refractivity contribution in [3.63, 3.8) is 0 Å². The molecule has 1 N–H and O–H groups in total. The Morgan fingerprint density at radius 3 is 2.39 bits per heavy atom. The van der Waals surface area contributed by atoms with Crippen molar-refractivity contribution in [2.75, 3.05) is 0 Å². The van der Waals surface area contributed by atoms with Gasteiger partial charge in [-0.25, -0.2) is 9.48 Å². The number of carboxylic acids is 1. The van der Waals surface area contributed by atoms with Crippen LogP contribution >= 0.6 is 0 Å². The summed E-state index contributed by atoms with van der Waals surface area (Å²) in [6.07, 6.45) is 1.89. The molecule has 152 valence electrons. The van der Waals surface area contributed by atoms with Gasteiger partial charge in [0.05, 0.1) is 30.4 Å². The van der Waals surface area contributed by atoms with E-state index in [0.717, 1.165) is 33.4 Å². The lowest BCUT2D eigenvalue weighted by Crippen LogP contribution is -2.03. The maximum atomic E-state index is 11.0. The van der Waals surface area contributed by atoms with E-state index in [-0.39, 0.29) is 5.56 Å². The molecular formula is C24H19N5O2. The number of aromatic nitrogens is 5. The summed E-state index contributed by atoms with van der Waals surface area (Å²) in [5.41, 5.74) is 5.09. The average Bonchev–Trinajstić information content (AvgIpc) is 3.39. The second-order valence-corrected chi connectivity index (χ2v) is 7.30. The summed E-state index contributed by atoms with van der Waals surface area (Å²) in [5.74, 6) is -0.934. The molecule has 0 radical (unpaired) electrons. The molecule has 0 aliphatic carbocycles. The second-order valence-electron chi connectivity index (χ2n) is 7.30. The van der Waals surface area contributed by atoms with Crippen molar-refractivity contribution in [1.82, 2.24) is 24.8 Å². The second kappa shape index (κ2) is 7.87. The van der Waals surface area contributed by atoms with Gasteiger partial charge in [-0.2, -0.15) is 5.10 Å². The van der Waals surface area contributed by atoms with E-state index in [9.17, 15) is 4.79 Å². The van der Waals surface area contributed by atoms with Gasteiger partial charge in [-0.05, 0) is 23.8 Å². The van der Waals surface area contributed by atoms with Crippen molar-refractivity contribution in [3.05, 3.63) is 102 Å². The number of benzene rings is 3. The van der Waals surface area contributed by atoms with Crippen LogP contribution in [-0.2, 0) is 13.1 Å².